The largest absolute Gasteiger partial charge is 0.415 e. The van der Waals surface area contributed by atoms with Crippen molar-refractivity contribution in [2.24, 2.45) is 11.7 Å². The summed E-state index contributed by atoms with van der Waals surface area (Å²) in [6.07, 6.45) is 1.05. The lowest BCUT2D eigenvalue weighted by Crippen LogP contribution is -2.44. The van der Waals surface area contributed by atoms with Gasteiger partial charge in [0, 0.05) is 12.6 Å². The Hall–Kier alpha value is 0.137. The lowest BCUT2D eigenvalue weighted by atomic mass is 10.1. The van der Waals surface area contributed by atoms with Crippen LogP contribution < -0.4 is 5.73 Å². The van der Waals surface area contributed by atoms with E-state index in [9.17, 15) is 0 Å². The molecular weight excluding hydrogens is 202 g/mol. The molecule has 0 aromatic heterocycles. The van der Waals surface area contributed by atoms with Crippen LogP contribution in [0.5, 0.6) is 0 Å². The van der Waals surface area contributed by atoms with Crippen LogP contribution in [0.2, 0.25) is 18.1 Å². The van der Waals surface area contributed by atoms with Crippen LogP contribution in [-0.4, -0.2) is 21.0 Å². The minimum Gasteiger partial charge on any atom is -0.415 e. The lowest BCUT2D eigenvalue weighted by molar-refractivity contribution is 0.249. The van der Waals surface area contributed by atoms with Crippen molar-refractivity contribution >= 4 is 8.32 Å². The van der Waals surface area contributed by atoms with Crippen LogP contribution in [0.1, 0.15) is 41.0 Å². The van der Waals surface area contributed by atoms with Gasteiger partial charge in [0.25, 0.3) is 0 Å². The number of hydrogen-bond acceptors (Lipinski definition) is 2. The average Bonchev–Trinajstić information content (AvgIpc) is 1.97. The van der Waals surface area contributed by atoms with E-state index < -0.39 is 8.32 Å². The van der Waals surface area contributed by atoms with Crippen molar-refractivity contribution in [1.82, 2.24) is 0 Å². The highest BCUT2D eigenvalue weighted by molar-refractivity contribution is 6.74. The van der Waals surface area contributed by atoms with E-state index >= 15 is 0 Å². The molecule has 15 heavy (non-hydrogen) atoms. The summed E-state index contributed by atoms with van der Waals surface area (Å²) in [6.45, 7) is 16.4. The number of hydrogen-bond donors (Lipinski definition) is 1. The predicted octanol–water partition coefficient (Wildman–Crippen LogP) is 3.38. The van der Waals surface area contributed by atoms with Crippen LogP contribution in [0.4, 0.5) is 0 Å². The fourth-order valence-electron chi connectivity index (χ4n) is 1.21. The summed E-state index contributed by atoms with van der Waals surface area (Å²) in [5.41, 5.74) is 6.02. The fourth-order valence-corrected chi connectivity index (χ4v) is 2.27. The first-order valence-electron chi connectivity index (χ1n) is 5.96. The van der Waals surface area contributed by atoms with E-state index in [-0.39, 0.29) is 11.1 Å². The molecule has 0 aliphatic rings. The average molecular weight is 231 g/mol. The van der Waals surface area contributed by atoms with Gasteiger partial charge in [-0.15, -0.1) is 0 Å². The highest BCUT2D eigenvalue weighted by atomic mass is 28.4. The van der Waals surface area contributed by atoms with Gasteiger partial charge in [0.2, 0.25) is 0 Å². The Labute approximate surface area is 96.7 Å². The molecule has 3 heteroatoms. The summed E-state index contributed by atoms with van der Waals surface area (Å²) in [5.74, 6) is 0.656. The van der Waals surface area contributed by atoms with Gasteiger partial charge in [-0.1, -0.05) is 34.6 Å². The van der Waals surface area contributed by atoms with Gasteiger partial charge in [-0.3, -0.25) is 0 Å². The van der Waals surface area contributed by atoms with Gasteiger partial charge >= 0.3 is 0 Å². The minimum absolute atomic E-state index is 0.194. The molecule has 1 atom stereocenters. The van der Waals surface area contributed by atoms with Crippen molar-refractivity contribution in [3.63, 3.8) is 0 Å². The Bertz CT molecular complexity index is 185. The Balaban J connectivity index is 4.04. The van der Waals surface area contributed by atoms with E-state index in [1.54, 1.807) is 0 Å². The smallest absolute Gasteiger partial charge is 0.192 e. The molecule has 0 spiro atoms. The maximum Gasteiger partial charge on any atom is 0.192 e. The fraction of sp³-hybridized carbons (Fsp3) is 1.00. The molecule has 0 unspecified atom stereocenters. The van der Waals surface area contributed by atoms with Crippen LogP contribution >= 0.6 is 0 Å². The molecule has 0 saturated carbocycles. The molecule has 2 nitrogen and oxygen atoms in total. The Morgan fingerprint density at radius 2 is 1.67 bits per heavy atom. The summed E-state index contributed by atoms with van der Waals surface area (Å²) >= 11 is 0. The molecule has 92 valence electrons. The molecule has 2 N–H and O–H groups in total. The van der Waals surface area contributed by atoms with E-state index in [2.05, 4.69) is 47.7 Å². The van der Waals surface area contributed by atoms with Gasteiger partial charge in [0.1, 0.15) is 0 Å². The second-order valence-electron chi connectivity index (χ2n) is 6.46. The maximum atomic E-state index is 6.07. The Morgan fingerprint density at radius 1 is 1.20 bits per heavy atom. The third-order valence-corrected chi connectivity index (χ3v) is 7.74. The Kier molecular flexibility index (Phi) is 5.51. The van der Waals surface area contributed by atoms with E-state index in [0.717, 1.165) is 6.42 Å². The first kappa shape index (κ1) is 15.1. The first-order valence-corrected chi connectivity index (χ1v) is 8.86. The molecule has 0 bridgehead atoms. The SMILES string of the molecule is CC(C)C[C@@H](N)CO[Si](C)(C)C(C)(C)C. The molecule has 0 heterocycles. The second-order valence-corrected chi connectivity index (χ2v) is 11.3. The van der Waals surface area contributed by atoms with Crippen LogP contribution in [0.3, 0.4) is 0 Å². The van der Waals surface area contributed by atoms with E-state index in [0.29, 0.717) is 12.5 Å². The molecule has 0 amide bonds. The monoisotopic (exact) mass is 231 g/mol. The summed E-state index contributed by atoms with van der Waals surface area (Å²) in [5, 5.41) is 0.282. The zero-order chi connectivity index (χ0) is 12.3. The third kappa shape index (κ3) is 5.69. The van der Waals surface area contributed by atoms with Crippen LogP contribution in [0, 0.1) is 5.92 Å². The van der Waals surface area contributed by atoms with Crippen LogP contribution in [0.25, 0.3) is 0 Å². The lowest BCUT2D eigenvalue weighted by Gasteiger charge is -2.37. The Morgan fingerprint density at radius 3 is 2.00 bits per heavy atom. The van der Waals surface area contributed by atoms with Crippen LogP contribution in [-0.2, 0) is 4.43 Å². The van der Waals surface area contributed by atoms with Gasteiger partial charge in [0.05, 0.1) is 0 Å². The molecule has 0 rings (SSSR count). The van der Waals surface area contributed by atoms with Crippen molar-refractivity contribution in [3.8, 4) is 0 Å². The highest BCUT2D eigenvalue weighted by Gasteiger charge is 2.37. The topological polar surface area (TPSA) is 35.2 Å². The molecule has 0 aromatic rings. The van der Waals surface area contributed by atoms with Crippen molar-refractivity contribution < 1.29 is 4.43 Å². The summed E-state index contributed by atoms with van der Waals surface area (Å²) < 4.78 is 6.07. The molecule has 0 fully saturated rings. The zero-order valence-corrected chi connectivity index (χ0v) is 12.6. The van der Waals surface area contributed by atoms with Gasteiger partial charge < -0.3 is 10.2 Å². The van der Waals surface area contributed by atoms with Crippen molar-refractivity contribution in [2.45, 2.75) is 65.2 Å². The molecule has 0 radical (unpaired) electrons. The van der Waals surface area contributed by atoms with Crippen molar-refractivity contribution in [1.29, 1.82) is 0 Å². The normalized spacial score (nSPS) is 15.8. The summed E-state index contributed by atoms with van der Waals surface area (Å²) in [7, 11) is -1.60. The first-order chi connectivity index (χ1) is 6.56. The van der Waals surface area contributed by atoms with Crippen LogP contribution in [0.15, 0.2) is 0 Å². The molecular formula is C12H29NOSi. The molecule has 0 saturated heterocycles. The van der Waals surface area contributed by atoms with E-state index in [1.165, 1.54) is 0 Å². The maximum absolute atomic E-state index is 6.07. The van der Waals surface area contributed by atoms with Crippen molar-refractivity contribution in [3.05, 3.63) is 0 Å². The van der Waals surface area contributed by atoms with Gasteiger partial charge in [0.15, 0.2) is 8.32 Å². The van der Waals surface area contributed by atoms with Gasteiger partial charge in [-0.25, -0.2) is 0 Å². The van der Waals surface area contributed by atoms with Crippen molar-refractivity contribution in [2.75, 3.05) is 6.61 Å². The molecule has 0 aliphatic heterocycles. The number of rotatable bonds is 5. The predicted molar refractivity (Wildman–Crippen MR) is 70.6 cm³/mol. The van der Waals surface area contributed by atoms with Gasteiger partial charge in [-0.2, -0.15) is 0 Å². The number of nitrogens with two attached hydrogens (primary N) is 1. The summed E-state index contributed by atoms with van der Waals surface area (Å²) in [4.78, 5) is 0. The zero-order valence-electron chi connectivity index (χ0n) is 11.6. The summed E-state index contributed by atoms with van der Waals surface area (Å²) in [6, 6.07) is 0.194. The minimum atomic E-state index is -1.60. The molecule has 0 aromatic carbocycles. The van der Waals surface area contributed by atoms with E-state index in [1.807, 2.05) is 0 Å². The quantitative estimate of drug-likeness (QED) is 0.736. The second kappa shape index (κ2) is 5.46. The highest BCUT2D eigenvalue weighted by Crippen LogP contribution is 2.36. The molecule has 0 aliphatic carbocycles. The van der Waals surface area contributed by atoms with Gasteiger partial charge in [-0.05, 0) is 30.5 Å². The third-order valence-electron chi connectivity index (χ3n) is 3.24. The van der Waals surface area contributed by atoms with E-state index in [4.69, 9.17) is 10.2 Å². The standard InChI is InChI=1S/C12H29NOSi/c1-10(2)8-11(13)9-14-15(6,7)12(3,4)5/h10-11H,8-9,13H2,1-7H3/t11-/m1/s1.